The van der Waals surface area contributed by atoms with Gasteiger partial charge in [-0.05, 0) is 37.3 Å². The minimum absolute atomic E-state index is 0.365. The van der Waals surface area contributed by atoms with Crippen LogP contribution in [0.5, 0.6) is 0 Å². The number of nitrogens with zero attached hydrogens (tertiary/aromatic N) is 4. The monoisotopic (exact) mass is 424 g/mol. The van der Waals surface area contributed by atoms with Gasteiger partial charge in [0.2, 0.25) is 12.5 Å². The van der Waals surface area contributed by atoms with Crippen molar-refractivity contribution in [2.75, 3.05) is 5.01 Å². The summed E-state index contributed by atoms with van der Waals surface area (Å²) in [5.41, 5.74) is 1.08. The molecular formula is C17H15Cl3N6O. The van der Waals surface area contributed by atoms with E-state index in [9.17, 15) is 10.1 Å². The van der Waals surface area contributed by atoms with E-state index in [4.69, 9.17) is 34.8 Å². The van der Waals surface area contributed by atoms with Crippen molar-refractivity contribution in [2.45, 2.75) is 23.7 Å². The Labute approximate surface area is 171 Å². The number of nitrogens with one attached hydrogen (secondary N) is 2. The van der Waals surface area contributed by atoms with E-state index in [1.807, 2.05) is 6.19 Å². The van der Waals surface area contributed by atoms with Crippen LogP contribution in [0, 0.1) is 11.5 Å². The van der Waals surface area contributed by atoms with E-state index in [0.29, 0.717) is 16.3 Å². The number of hydrazine groups is 1. The van der Waals surface area contributed by atoms with Gasteiger partial charge in [-0.2, -0.15) is 10.3 Å². The van der Waals surface area contributed by atoms with Crippen LogP contribution >= 0.6 is 34.8 Å². The fraction of sp³-hybridized carbons (Fsp3) is 0.235. The predicted octanol–water partition coefficient (Wildman–Crippen LogP) is 3.08. The Bertz CT molecular complexity index is 867. The molecule has 27 heavy (non-hydrogen) atoms. The van der Waals surface area contributed by atoms with Gasteiger partial charge in [-0.1, -0.05) is 40.9 Å². The zero-order chi connectivity index (χ0) is 19.6. The van der Waals surface area contributed by atoms with Gasteiger partial charge in [-0.3, -0.25) is 15.1 Å². The van der Waals surface area contributed by atoms with E-state index in [1.165, 1.54) is 11.1 Å². The number of hydrogen-bond acceptors (Lipinski definition) is 6. The molecule has 2 heterocycles. The van der Waals surface area contributed by atoms with E-state index in [-0.39, 0.29) is 0 Å². The first kappa shape index (κ1) is 19.5. The summed E-state index contributed by atoms with van der Waals surface area (Å²) < 4.78 is -1.35. The van der Waals surface area contributed by atoms with Crippen LogP contribution in [-0.2, 0) is 0 Å². The highest BCUT2D eigenvalue weighted by molar-refractivity contribution is 6.48. The number of carbonyl (C=O) groups is 1. The highest BCUT2D eigenvalue weighted by Gasteiger charge is 2.49. The number of carbonyl (C=O) groups excluding carboxylic acids is 1. The maximum absolute atomic E-state index is 12.5. The quantitative estimate of drug-likeness (QED) is 0.320. The molecular weight excluding hydrogens is 411 g/mol. The van der Waals surface area contributed by atoms with Crippen LogP contribution in [-0.4, -0.2) is 32.7 Å². The topological polar surface area (TPSA) is 83.8 Å². The second-order valence-corrected chi connectivity index (χ2v) is 8.11. The molecule has 10 heteroatoms. The maximum atomic E-state index is 12.5. The SMILES string of the molecule is CC(Cl)(Cl)C(NC(=O)c1cccc(Cl)c1)NC1N(C#N)N1c1cccnc1. The van der Waals surface area contributed by atoms with Gasteiger partial charge >= 0.3 is 0 Å². The van der Waals surface area contributed by atoms with Crippen LogP contribution in [0.25, 0.3) is 0 Å². The largest absolute Gasteiger partial charge is 0.334 e. The number of rotatable bonds is 6. The molecule has 1 saturated heterocycles. The number of halogens is 3. The van der Waals surface area contributed by atoms with Gasteiger partial charge in [0.05, 0.1) is 11.9 Å². The average Bonchev–Trinajstić information content (AvgIpc) is 3.33. The second-order valence-electron chi connectivity index (χ2n) is 5.91. The summed E-state index contributed by atoms with van der Waals surface area (Å²) in [6.45, 7) is 1.54. The third-order valence-corrected chi connectivity index (χ3v) is 4.51. The Morgan fingerprint density at radius 2 is 2.15 bits per heavy atom. The van der Waals surface area contributed by atoms with Gasteiger partial charge in [-0.25, -0.2) is 5.01 Å². The predicted molar refractivity (Wildman–Crippen MR) is 104 cm³/mol. The second kappa shape index (κ2) is 7.79. The molecule has 3 rings (SSSR count). The lowest BCUT2D eigenvalue weighted by atomic mass is 10.2. The van der Waals surface area contributed by atoms with Crippen molar-refractivity contribution < 1.29 is 4.79 Å². The minimum atomic E-state index is -1.35. The number of amides is 1. The number of aromatic nitrogens is 1. The fourth-order valence-electron chi connectivity index (χ4n) is 2.48. The van der Waals surface area contributed by atoms with Crippen LogP contribution < -0.4 is 15.6 Å². The number of pyridine rings is 1. The van der Waals surface area contributed by atoms with Crippen molar-refractivity contribution in [3.63, 3.8) is 0 Å². The van der Waals surface area contributed by atoms with Crippen molar-refractivity contribution in [2.24, 2.45) is 0 Å². The van der Waals surface area contributed by atoms with E-state index >= 15 is 0 Å². The summed E-state index contributed by atoms with van der Waals surface area (Å²) in [5, 5.41) is 18.6. The van der Waals surface area contributed by atoms with Gasteiger partial charge in [-0.15, -0.1) is 0 Å². The first-order valence-electron chi connectivity index (χ1n) is 7.89. The molecule has 1 aliphatic rings. The lowest BCUT2D eigenvalue weighted by Gasteiger charge is -2.27. The van der Waals surface area contributed by atoms with E-state index in [1.54, 1.807) is 54.7 Å². The highest BCUT2D eigenvalue weighted by Crippen LogP contribution is 2.33. The molecule has 2 atom stereocenters. The lowest BCUT2D eigenvalue weighted by Crippen LogP contribution is -2.56. The Morgan fingerprint density at radius 3 is 2.74 bits per heavy atom. The van der Waals surface area contributed by atoms with Gasteiger partial charge in [0.1, 0.15) is 10.5 Å². The zero-order valence-electron chi connectivity index (χ0n) is 14.1. The van der Waals surface area contributed by atoms with Gasteiger partial charge in [0, 0.05) is 16.8 Å². The molecule has 0 spiro atoms. The number of hydrogen-bond donors (Lipinski definition) is 2. The smallest absolute Gasteiger partial charge is 0.252 e. The Kier molecular flexibility index (Phi) is 5.63. The molecule has 0 saturated carbocycles. The minimum Gasteiger partial charge on any atom is -0.334 e. The van der Waals surface area contributed by atoms with E-state index in [0.717, 1.165) is 0 Å². The third kappa shape index (κ3) is 4.54. The molecule has 0 bridgehead atoms. The normalized spacial score (nSPS) is 17.2. The van der Waals surface area contributed by atoms with Crippen molar-refractivity contribution in [3.05, 3.63) is 59.4 Å². The Morgan fingerprint density at radius 1 is 1.37 bits per heavy atom. The molecule has 1 fully saturated rings. The number of anilines is 1. The number of benzene rings is 1. The average molecular weight is 426 g/mol. The zero-order valence-corrected chi connectivity index (χ0v) is 16.4. The van der Waals surface area contributed by atoms with Gasteiger partial charge in [0.25, 0.3) is 5.91 Å². The summed E-state index contributed by atoms with van der Waals surface area (Å²) in [6.07, 6.45) is 3.91. The molecule has 0 radical (unpaired) electrons. The van der Waals surface area contributed by atoms with Crippen molar-refractivity contribution in [1.29, 1.82) is 5.26 Å². The molecule has 1 aliphatic heterocycles. The standard InChI is InChI=1S/C17H15Cl3N6O/c1-17(19,20)15(23-14(27)11-4-2-5-12(18)8-11)24-16-25(10-21)26(16)13-6-3-7-22-9-13/h2-9,15-16,24H,1H3,(H,23,27). The van der Waals surface area contributed by atoms with Crippen LogP contribution in [0.15, 0.2) is 48.8 Å². The first-order valence-corrected chi connectivity index (χ1v) is 9.03. The van der Waals surface area contributed by atoms with Crippen LogP contribution in [0.3, 0.4) is 0 Å². The van der Waals surface area contributed by atoms with Crippen molar-refractivity contribution in [3.8, 4) is 6.19 Å². The first-order chi connectivity index (χ1) is 12.8. The summed E-state index contributed by atoms with van der Waals surface area (Å²) in [7, 11) is 0. The molecule has 140 valence electrons. The Balaban J connectivity index is 1.75. The third-order valence-electron chi connectivity index (χ3n) is 3.84. The van der Waals surface area contributed by atoms with Gasteiger partial charge in [0.15, 0.2) is 0 Å². The summed E-state index contributed by atoms with van der Waals surface area (Å²) in [5.74, 6) is -0.403. The molecule has 2 N–H and O–H groups in total. The molecule has 1 amide bonds. The van der Waals surface area contributed by atoms with Gasteiger partial charge < -0.3 is 5.32 Å². The van der Waals surface area contributed by atoms with Crippen molar-refractivity contribution in [1.82, 2.24) is 20.6 Å². The van der Waals surface area contributed by atoms with E-state index < -0.39 is 22.7 Å². The molecule has 2 aromatic rings. The molecule has 1 aromatic carbocycles. The van der Waals surface area contributed by atoms with Crippen molar-refractivity contribution >= 4 is 46.4 Å². The maximum Gasteiger partial charge on any atom is 0.252 e. The summed E-state index contributed by atoms with van der Waals surface area (Å²) in [6, 6.07) is 10.1. The number of nitriles is 1. The summed E-state index contributed by atoms with van der Waals surface area (Å²) in [4.78, 5) is 16.6. The Hall–Kier alpha value is -2.24. The molecule has 1 aromatic heterocycles. The van der Waals surface area contributed by atoms with Crippen LogP contribution in [0.1, 0.15) is 17.3 Å². The van der Waals surface area contributed by atoms with Crippen LogP contribution in [0.4, 0.5) is 5.69 Å². The number of alkyl halides is 2. The molecule has 7 nitrogen and oxygen atoms in total. The molecule has 0 aliphatic carbocycles. The highest BCUT2D eigenvalue weighted by atomic mass is 35.5. The van der Waals surface area contributed by atoms with Crippen LogP contribution in [0.2, 0.25) is 5.02 Å². The molecule has 2 unspecified atom stereocenters. The fourth-order valence-corrected chi connectivity index (χ4v) is 2.90. The van der Waals surface area contributed by atoms with E-state index in [2.05, 4.69) is 15.6 Å². The lowest BCUT2D eigenvalue weighted by molar-refractivity contribution is 0.0924. The summed E-state index contributed by atoms with van der Waals surface area (Å²) >= 11 is 18.4.